The number of nitrogens with one attached hydrogen (secondary N) is 1. The molecule has 2 aromatic carbocycles. The molecule has 0 spiro atoms. The molecular formula is C19H19N3O2. The first-order valence-corrected chi connectivity index (χ1v) is 8.18. The van der Waals surface area contributed by atoms with Crippen LogP contribution in [0.2, 0.25) is 0 Å². The van der Waals surface area contributed by atoms with Crippen LogP contribution in [0.5, 0.6) is 0 Å². The van der Waals surface area contributed by atoms with Crippen LogP contribution >= 0.6 is 0 Å². The van der Waals surface area contributed by atoms with Crippen LogP contribution in [0.25, 0.3) is 22.3 Å². The smallest absolute Gasteiger partial charge is 0.259 e. The second-order valence-corrected chi connectivity index (χ2v) is 6.02. The molecule has 1 N–H and O–H groups in total. The molecule has 24 heavy (non-hydrogen) atoms. The minimum atomic E-state index is -0.104. The van der Waals surface area contributed by atoms with Crippen LogP contribution in [0.15, 0.2) is 53.3 Å². The van der Waals surface area contributed by atoms with Gasteiger partial charge in [0, 0.05) is 25.2 Å². The van der Waals surface area contributed by atoms with Gasteiger partial charge >= 0.3 is 0 Å². The van der Waals surface area contributed by atoms with Gasteiger partial charge in [0.2, 0.25) is 0 Å². The van der Waals surface area contributed by atoms with E-state index in [4.69, 9.17) is 4.74 Å². The molecule has 0 aliphatic carbocycles. The highest BCUT2D eigenvalue weighted by atomic mass is 16.5. The first-order valence-electron chi connectivity index (χ1n) is 8.18. The Morgan fingerprint density at radius 3 is 2.58 bits per heavy atom. The van der Waals surface area contributed by atoms with Gasteiger partial charge in [0.05, 0.1) is 24.1 Å². The number of ether oxygens (including phenoxy) is 1. The number of morpholine rings is 1. The topological polar surface area (TPSA) is 58.2 Å². The summed E-state index contributed by atoms with van der Waals surface area (Å²) in [5, 5.41) is 0.616. The van der Waals surface area contributed by atoms with Gasteiger partial charge in [-0.25, -0.2) is 4.98 Å². The highest BCUT2D eigenvalue weighted by Crippen LogP contribution is 2.18. The number of nitrogens with zero attached hydrogens (tertiary/aromatic N) is 2. The van der Waals surface area contributed by atoms with Gasteiger partial charge in [0.1, 0.15) is 5.82 Å². The summed E-state index contributed by atoms with van der Waals surface area (Å²) in [7, 11) is 0. The van der Waals surface area contributed by atoms with Crippen molar-refractivity contribution in [3.63, 3.8) is 0 Å². The molecule has 0 radical (unpaired) electrons. The van der Waals surface area contributed by atoms with E-state index in [2.05, 4.69) is 27.0 Å². The van der Waals surface area contributed by atoms with Gasteiger partial charge in [-0.1, -0.05) is 36.4 Å². The average Bonchev–Trinajstić information content (AvgIpc) is 2.63. The number of fused-ring (bicyclic) bond motifs is 1. The summed E-state index contributed by atoms with van der Waals surface area (Å²) in [4.78, 5) is 22.0. The fourth-order valence-corrected chi connectivity index (χ4v) is 3.01. The number of rotatable bonds is 3. The number of para-hydroxylation sites is 1. The summed E-state index contributed by atoms with van der Waals surface area (Å²) in [5.41, 5.74) is 2.79. The Hall–Kier alpha value is -2.50. The third kappa shape index (κ3) is 3.09. The summed E-state index contributed by atoms with van der Waals surface area (Å²) in [6, 6.07) is 15.6. The maximum Gasteiger partial charge on any atom is 0.259 e. The molecule has 3 aromatic rings. The number of aromatic nitrogens is 2. The van der Waals surface area contributed by atoms with Crippen molar-refractivity contribution in [2.75, 3.05) is 26.3 Å². The van der Waals surface area contributed by atoms with Gasteiger partial charge in [-0.05, 0) is 17.7 Å². The van der Waals surface area contributed by atoms with Gasteiger partial charge in [0.15, 0.2) is 0 Å². The minimum absolute atomic E-state index is 0.104. The zero-order valence-electron chi connectivity index (χ0n) is 13.4. The van der Waals surface area contributed by atoms with Crippen molar-refractivity contribution in [3.05, 3.63) is 64.4 Å². The van der Waals surface area contributed by atoms with E-state index in [-0.39, 0.29) is 5.56 Å². The quantitative estimate of drug-likeness (QED) is 0.805. The number of aromatic amines is 1. The number of H-pyrrole nitrogens is 1. The molecule has 1 aromatic heterocycles. The normalized spacial score (nSPS) is 15.7. The Morgan fingerprint density at radius 1 is 1.04 bits per heavy atom. The predicted octanol–water partition coefficient (Wildman–Crippen LogP) is 2.42. The lowest BCUT2D eigenvalue weighted by Gasteiger charge is -2.26. The lowest BCUT2D eigenvalue weighted by atomic mass is 10.1. The monoisotopic (exact) mass is 321 g/mol. The van der Waals surface area contributed by atoms with E-state index in [0.29, 0.717) is 16.7 Å². The molecule has 0 bridgehead atoms. The zero-order chi connectivity index (χ0) is 16.4. The highest BCUT2D eigenvalue weighted by Gasteiger charge is 2.11. The van der Waals surface area contributed by atoms with Crippen molar-refractivity contribution in [1.29, 1.82) is 0 Å². The van der Waals surface area contributed by atoms with Gasteiger partial charge in [0.25, 0.3) is 5.56 Å². The maximum absolute atomic E-state index is 12.2. The van der Waals surface area contributed by atoms with Crippen LogP contribution in [0.1, 0.15) is 5.56 Å². The van der Waals surface area contributed by atoms with Gasteiger partial charge in [-0.15, -0.1) is 0 Å². The Bertz CT molecular complexity index is 896. The molecule has 1 aliphatic rings. The van der Waals surface area contributed by atoms with E-state index in [1.54, 1.807) is 6.07 Å². The van der Waals surface area contributed by atoms with Crippen LogP contribution in [-0.4, -0.2) is 41.2 Å². The summed E-state index contributed by atoms with van der Waals surface area (Å²) in [5.74, 6) is 0.608. The molecule has 122 valence electrons. The van der Waals surface area contributed by atoms with E-state index >= 15 is 0 Å². The Kier molecular flexibility index (Phi) is 4.11. The van der Waals surface area contributed by atoms with E-state index in [1.807, 2.05) is 30.3 Å². The molecule has 1 saturated heterocycles. The van der Waals surface area contributed by atoms with E-state index in [1.165, 1.54) is 5.56 Å². The van der Waals surface area contributed by atoms with E-state index < -0.39 is 0 Å². The molecule has 1 fully saturated rings. The highest BCUT2D eigenvalue weighted by molar-refractivity contribution is 5.79. The van der Waals surface area contributed by atoms with Gasteiger partial charge in [-0.3, -0.25) is 9.69 Å². The van der Waals surface area contributed by atoms with Crippen molar-refractivity contribution in [2.45, 2.75) is 6.54 Å². The third-order valence-electron chi connectivity index (χ3n) is 4.35. The molecule has 0 unspecified atom stereocenters. The van der Waals surface area contributed by atoms with E-state index in [0.717, 1.165) is 38.4 Å². The number of benzene rings is 2. The lowest BCUT2D eigenvalue weighted by Crippen LogP contribution is -2.35. The van der Waals surface area contributed by atoms with Crippen LogP contribution in [0.3, 0.4) is 0 Å². The number of hydrogen-bond acceptors (Lipinski definition) is 4. The van der Waals surface area contributed by atoms with Gasteiger partial charge in [-0.2, -0.15) is 0 Å². The van der Waals surface area contributed by atoms with Crippen LogP contribution in [0.4, 0.5) is 0 Å². The Labute approximate surface area is 139 Å². The Balaban J connectivity index is 1.59. The van der Waals surface area contributed by atoms with Crippen molar-refractivity contribution in [1.82, 2.24) is 14.9 Å². The molecular weight excluding hydrogens is 302 g/mol. The fraction of sp³-hybridized carbons (Fsp3) is 0.263. The summed E-state index contributed by atoms with van der Waals surface area (Å²) in [6.45, 7) is 4.48. The standard InChI is InChI=1S/C19H19N3O2/c23-19-16-3-1-2-4-17(16)20-18(21-19)15-7-5-14(6-8-15)13-22-9-11-24-12-10-22/h1-8H,9-13H2,(H,20,21,23). The molecule has 2 heterocycles. The fourth-order valence-electron chi connectivity index (χ4n) is 3.01. The minimum Gasteiger partial charge on any atom is -0.379 e. The predicted molar refractivity (Wildman–Crippen MR) is 93.9 cm³/mol. The van der Waals surface area contributed by atoms with Crippen molar-refractivity contribution in [2.24, 2.45) is 0 Å². The van der Waals surface area contributed by atoms with Crippen LogP contribution in [0, 0.1) is 0 Å². The second-order valence-electron chi connectivity index (χ2n) is 6.02. The summed E-state index contributed by atoms with van der Waals surface area (Å²) in [6.07, 6.45) is 0. The van der Waals surface area contributed by atoms with E-state index in [9.17, 15) is 4.79 Å². The molecule has 0 saturated carbocycles. The van der Waals surface area contributed by atoms with Crippen molar-refractivity contribution < 1.29 is 4.74 Å². The average molecular weight is 321 g/mol. The summed E-state index contributed by atoms with van der Waals surface area (Å²) < 4.78 is 5.38. The number of hydrogen-bond donors (Lipinski definition) is 1. The molecule has 0 atom stereocenters. The zero-order valence-corrected chi connectivity index (χ0v) is 13.4. The largest absolute Gasteiger partial charge is 0.379 e. The summed E-state index contributed by atoms with van der Waals surface area (Å²) >= 11 is 0. The maximum atomic E-state index is 12.2. The van der Waals surface area contributed by atoms with Crippen molar-refractivity contribution in [3.8, 4) is 11.4 Å². The molecule has 5 heteroatoms. The molecule has 1 aliphatic heterocycles. The second kappa shape index (κ2) is 6.55. The van der Waals surface area contributed by atoms with Crippen LogP contribution in [-0.2, 0) is 11.3 Å². The molecule has 5 nitrogen and oxygen atoms in total. The van der Waals surface area contributed by atoms with Crippen LogP contribution < -0.4 is 5.56 Å². The first kappa shape index (κ1) is 15.1. The SMILES string of the molecule is O=c1[nH]c(-c2ccc(CN3CCOCC3)cc2)nc2ccccc12. The van der Waals surface area contributed by atoms with Gasteiger partial charge < -0.3 is 9.72 Å². The van der Waals surface area contributed by atoms with Crippen molar-refractivity contribution >= 4 is 10.9 Å². The molecule has 0 amide bonds. The first-order chi connectivity index (χ1) is 11.8. The third-order valence-corrected chi connectivity index (χ3v) is 4.35. The lowest BCUT2D eigenvalue weighted by molar-refractivity contribution is 0.0342. The molecule has 4 rings (SSSR count). The Morgan fingerprint density at radius 2 is 1.79 bits per heavy atom.